The molecule has 1 fully saturated rings. The number of sulfone groups is 1. The molecular formula is C14H20F2N2O2S. The molecule has 1 aliphatic heterocycles. The van der Waals surface area contributed by atoms with Crippen LogP contribution in [0.15, 0.2) is 29.2 Å². The van der Waals surface area contributed by atoms with Gasteiger partial charge >= 0.3 is 5.76 Å². The number of rotatable bonds is 5. The third-order valence-corrected chi connectivity index (χ3v) is 5.26. The molecule has 21 heavy (non-hydrogen) atoms. The molecule has 2 rings (SSSR count). The largest absolute Gasteiger partial charge is 0.371 e. The molecule has 0 radical (unpaired) electrons. The van der Waals surface area contributed by atoms with Crippen molar-refractivity contribution < 1.29 is 17.2 Å². The van der Waals surface area contributed by atoms with E-state index in [9.17, 15) is 17.2 Å². The Morgan fingerprint density at radius 1 is 1.29 bits per heavy atom. The molecule has 2 N–H and O–H groups in total. The zero-order chi connectivity index (χ0) is 15.5. The van der Waals surface area contributed by atoms with E-state index in [1.54, 1.807) is 12.1 Å². The Hall–Kier alpha value is -1.21. The van der Waals surface area contributed by atoms with E-state index in [4.69, 9.17) is 5.73 Å². The van der Waals surface area contributed by atoms with Gasteiger partial charge in [0.05, 0.1) is 4.90 Å². The fraction of sp³-hybridized carbons (Fsp3) is 0.571. The lowest BCUT2D eigenvalue weighted by Gasteiger charge is -2.34. The first kappa shape index (κ1) is 16.2. The molecule has 0 aliphatic carbocycles. The van der Waals surface area contributed by atoms with Crippen LogP contribution in [0.3, 0.4) is 0 Å². The number of hydrogen-bond donors (Lipinski definition) is 1. The maximum Gasteiger partial charge on any atom is 0.341 e. The van der Waals surface area contributed by atoms with Crippen LogP contribution < -0.4 is 10.6 Å². The van der Waals surface area contributed by atoms with Gasteiger partial charge in [-0.15, -0.1) is 0 Å². The molecule has 4 nitrogen and oxygen atoms in total. The first-order valence-electron chi connectivity index (χ1n) is 7.02. The quantitative estimate of drug-likeness (QED) is 0.904. The minimum Gasteiger partial charge on any atom is -0.371 e. The molecule has 1 atom stereocenters. The highest BCUT2D eigenvalue weighted by Crippen LogP contribution is 2.27. The van der Waals surface area contributed by atoms with Crippen molar-refractivity contribution in [2.75, 3.05) is 24.5 Å². The van der Waals surface area contributed by atoms with Gasteiger partial charge in [-0.05, 0) is 56.0 Å². The summed E-state index contributed by atoms with van der Waals surface area (Å²) in [4.78, 5) is 1.82. The molecule has 1 saturated heterocycles. The van der Waals surface area contributed by atoms with Crippen molar-refractivity contribution in [3.8, 4) is 0 Å². The second-order valence-electron chi connectivity index (χ2n) is 5.33. The van der Waals surface area contributed by atoms with Crippen LogP contribution in [0.25, 0.3) is 0 Å². The summed E-state index contributed by atoms with van der Waals surface area (Å²) in [5, 5.41) is 0. The van der Waals surface area contributed by atoms with Crippen LogP contribution in [0.4, 0.5) is 14.5 Å². The van der Waals surface area contributed by atoms with E-state index in [-0.39, 0.29) is 4.90 Å². The van der Waals surface area contributed by atoms with Crippen LogP contribution in [0, 0.1) is 5.92 Å². The number of hydrogen-bond acceptors (Lipinski definition) is 4. The molecule has 0 spiro atoms. The van der Waals surface area contributed by atoms with E-state index in [0.29, 0.717) is 12.5 Å². The molecule has 0 amide bonds. The minimum absolute atomic E-state index is 0.336. The van der Waals surface area contributed by atoms with Crippen molar-refractivity contribution in [2.45, 2.75) is 29.9 Å². The molecule has 0 saturated carbocycles. The molecular weight excluding hydrogens is 298 g/mol. The molecule has 1 aromatic rings. The van der Waals surface area contributed by atoms with E-state index in [1.165, 1.54) is 12.1 Å². The monoisotopic (exact) mass is 318 g/mol. The van der Waals surface area contributed by atoms with E-state index in [1.807, 2.05) is 0 Å². The number of nitrogens with zero attached hydrogens (tertiary/aromatic N) is 1. The van der Waals surface area contributed by atoms with Crippen molar-refractivity contribution in [3.63, 3.8) is 0 Å². The lowest BCUT2D eigenvalue weighted by Crippen LogP contribution is -2.36. The first-order valence-corrected chi connectivity index (χ1v) is 8.57. The number of anilines is 1. The van der Waals surface area contributed by atoms with Gasteiger partial charge in [-0.25, -0.2) is 8.42 Å². The normalized spacial score (nSPS) is 20.0. The summed E-state index contributed by atoms with van der Waals surface area (Å²) in [6.07, 6.45) is 3.17. The van der Waals surface area contributed by atoms with Crippen LogP contribution in [-0.4, -0.2) is 33.8 Å². The number of halogens is 2. The minimum atomic E-state index is -4.51. The SMILES string of the molecule is NCCC1CCCN(c2ccc(S(=O)(=O)C(F)F)cc2)C1. The third kappa shape index (κ3) is 3.71. The van der Waals surface area contributed by atoms with Gasteiger partial charge in [-0.3, -0.25) is 0 Å². The molecule has 0 bridgehead atoms. The fourth-order valence-corrected chi connectivity index (χ4v) is 3.44. The summed E-state index contributed by atoms with van der Waals surface area (Å²) >= 11 is 0. The summed E-state index contributed by atoms with van der Waals surface area (Å²) in [5.74, 6) is -2.85. The van der Waals surface area contributed by atoms with Crippen LogP contribution in [0.1, 0.15) is 19.3 Å². The molecule has 7 heteroatoms. The number of piperidine rings is 1. The molecule has 118 valence electrons. The topological polar surface area (TPSA) is 63.4 Å². The second-order valence-corrected chi connectivity index (χ2v) is 7.25. The Morgan fingerprint density at radius 3 is 2.52 bits per heavy atom. The Morgan fingerprint density at radius 2 is 1.95 bits per heavy atom. The Bertz CT molecular complexity index is 559. The Kier molecular flexibility index (Phi) is 5.16. The van der Waals surface area contributed by atoms with Gasteiger partial charge in [0.1, 0.15) is 0 Å². The van der Waals surface area contributed by atoms with Crippen molar-refractivity contribution in [1.29, 1.82) is 0 Å². The van der Waals surface area contributed by atoms with Gasteiger partial charge in [-0.1, -0.05) is 0 Å². The summed E-state index contributed by atoms with van der Waals surface area (Å²) in [5.41, 5.74) is 6.45. The summed E-state index contributed by atoms with van der Waals surface area (Å²) in [6, 6.07) is 5.70. The van der Waals surface area contributed by atoms with Gasteiger partial charge in [0, 0.05) is 18.8 Å². The van der Waals surface area contributed by atoms with Crippen molar-refractivity contribution in [3.05, 3.63) is 24.3 Å². The smallest absolute Gasteiger partial charge is 0.341 e. The fourth-order valence-electron chi connectivity index (χ4n) is 2.72. The van der Waals surface area contributed by atoms with Gasteiger partial charge in [0.25, 0.3) is 0 Å². The lowest BCUT2D eigenvalue weighted by molar-refractivity contribution is 0.234. The van der Waals surface area contributed by atoms with E-state index < -0.39 is 15.6 Å². The maximum absolute atomic E-state index is 12.5. The van der Waals surface area contributed by atoms with E-state index >= 15 is 0 Å². The highest BCUT2D eigenvalue weighted by Gasteiger charge is 2.27. The highest BCUT2D eigenvalue weighted by atomic mass is 32.2. The summed E-state index contributed by atoms with van der Waals surface area (Å²) in [6.45, 7) is 2.42. The van der Waals surface area contributed by atoms with Crippen LogP contribution in [0.5, 0.6) is 0 Å². The standard InChI is InChI=1S/C14H20F2N2O2S/c15-14(16)21(19,20)13-5-3-12(4-6-13)18-9-1-2-11(10-18)7-8-17/h3-6,11,14H,1-2,7-10,17H2. The first-order chi connectivity index (χ1) is 9.95. The second kappa shape index (κ2) is 6.70. The lowest BCUT2D eigenvalue weighted by atomic mass is 9.94. The predicted molar refractivity (Wildman–Crippen MR) is 78.2 cm³/mol. The third-order valence-electron chi connectivity index (χ3n) is 3.86. The number of benzene rings is 1. The van der Waals surface area contributed by atoms with Crippen molar-refractivity contribution in [1.82, 2.24) is 0 Å². The van der Waals surface area contributed by atoms with Crippen LogP contribution in [-0.2, 0) is 9.84 Å². The Labute approximate surface area is 123 Å². The molecule has 1 aliphatic rings. The van der Waals surface area contributed by atoms with Gasteiger partial charge in [0.2, 0.25) is 9.84 Å². The van der Waals surface area contributed by atoms with Gasteiger partial charge < -0.3 is 10.6 Å². The van der Waals surface area contributed by atoms with Crippen LogP contribution in [0.2, 0.25) is 0 Å². The van der Waals surface area contributed by atoms with Crippen molar-refractivity contribution >= 4 is 15.5 Å². The van der Waals surface area contributed by atoms with E-state index in [0.717, 1.165) is 38.0 Å². The van der Waals surface area contributed by atoms with Gasteiger partial charge in [0.15, 0.2) is 0 Å². The molecule has 1 unspecified atom stereocenters. The average Bonchev–Trinajstić information content (AvgIpc) is 2.48. The molecule has 1 aromatic carbocycles. The number of alkyl halides is 2. The van der Waals surface area contributed by atoms with E-state index in [2.05, 4.69) is 4.90 Å². The molecule has 0 aromatic heterocycles. The maximum atomic E-state index is 12.5. The summed E-state index contributed by atoms with van der Waals surface area (Å²) in [7, 11) is -4.51. The van der Waals surface area contributed by atoms with Gasteiger partial charge in [-0.2, -0.15) is 8.78 Å². The Balaban J connectivity index is 2.12. The zero-order valence-electron chi connectivity index (χ0n) is 11.7. The van der Waals surface area contributed by atoms with Crippen LogP contribution >= 0.6 is 0 Å². The highest BCUT2D eigenvalue weighted by molar-refractivity contribution is 7.91. The zero-order valence-corrected chi connectivity index (χ0v) is 12.5. The predicted octanol–water partition coefficient (Wildman–Crippen LogP) is 2.25. The van der Waals surface area contributed by atoms with Crippen molar-refractivity contribution in [2.24, 2.45) is 11.7 Å². The number of nitrogens with two attached hydrogens (primary N) is 1. The molecule has 1 heterocycles. The summed E-state index contributed by atoms with van der Waals surface area (Å²) < 4.78 is 47.7. The average molecular weight is 318 g/mol.